The molecule has 2 N–H and O–H groups in total. The van der Waals surface area contributed by atoms with E-state index in [1.54, 1.807) is 19.2 Å². The largest absolute Gasteiger partial charge is 0.495 e. The van der Waals surface area contributed by atoms with Crippen molar-refractivity contribution >= 4 is 73.0 Å². The maximum absolute atomic E-state index is 12.5. The van der Waals surface area contributed by atoms with E-state index in [-0.39, 0.29) is 10.7 Å². The van der Waals surface area contributed by atoms with Crippen molar-refractivity contribution < 1.29 is 19.0 Å². The lowest BCUT2D eigenvalue weighted by atomic mass is 10.1. The highest BCUT2D eigenvalue weighted by Gasteiger charge is 2.25. The summed E-state index contributed by atoms with van der Waals surface area (Å²) in [5.41, 5.74) is 12.1. The van der Waals surface area contributed by atoms with Crippen LogP contribution in [0.2, 0.25) is 10.3 Å². The number of allylic oxidation sites excluding steroid dienone is 2. The van der Waals surface area contributed by atoms with Gasteiger partial charge in [-0.2, -0.15) is 10.2 Å². The van der Waals surface area contributed by atoms with Crippen LogP contribution in [0.1, 0.15) is 42.0 Å². The number of hydrogen-bond donors (Lipinski definition) is 1. The first-order valence-electron chi connectivity index (χ1n) is 21.1. The van der Waals surface area contributed by atoms with Crippen molar-refractivity contribution in [2.45, 2.75) is 60.3 Å². The average molecular weight is 892 g/mol. The minimum absolute atomic E-state index is 0.225. The Morgan fingerprint density at radius 3 is 1.92 bits per heavy atom. The Hall–Kier alpha value is -6.07. The van der Waals surface area contributed by atoms with Gasteiger partial charge >= 0.3 is 0 Å². The third-order valence-corrected chi connectivity index (χ3v) is 12.0. The Labute approximate surface area is 373 Å². The normalized spacial score (nSPS) is 13.8. The summed E-state index contributed by atoms with van der Waals surface area (Å²) in [5, 5.41) is 12.7. The van der Waals surface area contributed by atoms with Gasteiger partial charge in [-0.1, -0.05) is 47.5 Å². The monoisotopic (exact) mass is 890 g/mol. The van der Waals surface area contributed by atoms with Crippen molar-refractivity contribution in [1.29, 1.82) is 0 Å². The quantitative estimate of drug-likeness (QED) is 0.0610. The van der Waals surface area contributed by atoms with Crippen molar-refractivity contribution in [3.8, 4) is 34.5 Å². The first-order valence-corrected chi connectivity index (χ1v) is 21.9. The summed E-state index contributed by atoms with van der Waals surface area (Å²) in [6.45, 7) is 14.8. The van der Waals surface area contributed by atoms with Crippen molar-refractivity contribution in [3.05, 3.63) is 81.9 Å². The Bertz CT molecular complexity index is 3070. The van der Waals surface area contributed by atoms with Crippen molar-refractivity contribution in [2.75, 3.05) is 46.6 Å². The van der Waals surface area contributed by atoms with Gasteiger partial charge in [-0.3, -0.25) is 19.1 Å². The molecule has 1 saturated heterocycles. The molecule has 0 saturated carbocycles. The number of amides is 1. The fourth-order valence-corrected chi connectivity index (χ4v) is 9.11. The Morgan fingerprint density at radius 1 is 0.794 bits per heavy atom. The zero-order valence-corrected chi connectivity index (χ0v) is 37.4. The van der Waals surface area contributed by atoms with Crippen LogP contribution in [0, 0.1) is 13.8 Å². The maximum atomic E-state index is 12.5. The molecule has 1 fully saturated rings. The number of para-hydroxylation sites is 1. The van der Waals surface area contributed by atoms with Gasteiger partial charge in [0.2, 0.25) is 5.91 Å². The summed E-state index contributed by atoms with van der Waals surface area (Å²) < 4.78 is 25.9. The van der Waals surface area contributed by atoms with Gasteiger partial charge in [0.15, 0.2) is 11.6 Å². The number of morpholine rings is 1. The predicted molar refractivity (Wildman–Crippen MR) is 245 cm³/mol. The second-order valence-corrected chi connectivity index (χ2v) is 16.2. The maximum Gasteiger partial charge on any atom is 0.248 e. The van der Waals surface area contributed by atoms with Crippen LogP contribution in [0.15, 0.2) is 54.6 Å². The zero-order chi connectivity index (χ0) is 43.9. The molecule has 326 valence electrons. The molecule has 1 aliphatic heterocycles. The van der Waals surface area contributed by atoms with E-state index < -0.39 is 5.91 Å². The van der Waals surface area contributed by atoms with Gasteiger partial charge in [-0.05, 0) is 64.4 Å². The molecule has 63 heavy (non-hydrogen) atoms. The number of aryl methyl sites for hydroxylation is 4. The highest BCUT2D eigenvalue weighted by molar-refractivity contribution is 6.37. The standard InChI is InChI=1S/C45H48Cl2N12O4/c1-6-58-31(22-26(3)53-58)42-49-39(46)35-29-12-10-13-33(63-19-11-14-55-17-20-62-21-18-55)37(29)56(44(35)51-42)15-8-9-16-57-38-30(24-28(41(48)60)25-34(38)61-5)36-40(47)50-43(52-45(36)57)32-23-27(4)54-59(32)7-2/h8-10,12-13,22-25H,6-7,11,14-21H2,1-5H3,(H2,48,60)/b9-8+. The number of ether oxygens (including phenoxy) is 3. The summed E-state index contributed by atoms with van der Waals surface area (Å²) in [5.74, 6) is 1.48. The highest BCUT2D eigenvalue weighted by atomic mass is 35.5. The van der Waals surface area contributed by atoms with Crippen LogP contribution >= 0.6 is 23.2 Å². The van der Waals surface area contributed by atoms with Gasteiger partial charge in [0.05, 0.1) is 60.1 Å². The molecule has 0 unspecified atom stereocenters. The summed E-state index contributed by atoms with van der Waals surface area (Å²) in [6, 6.07) is 13.3. The lowest BCUT2D eigenvalue weighted by Crippen LogP contribution is -2.37. The molecule has 6 aromatic heterocycles. The summed E-state index contributed by atoms with van der Waals surface area (Å²) in [4.78, 5) is 34.8. The molecule has 18 heteroatoms. The highest BCUT2D eigenvalue weighted by Crippen LogP contribution is 2.41. The van der Waals surface area contributed by atoms with Gasteiger partial charge in [-0.25, -0.2) is 19.9 Å². The number of hydrogen-bond acceptors (Lipinski definition) is 11. The Morgan fingerprint density at radius 2 is 1.37 bits per heavy atom. The van der Waals surface area contributed by atoms with Crippen LogP contribution in [-0.2, 0) is 30.9 Å². The van der Waals surface area contributed by atoms with Crippen molar-refractivity contribution in [1.82, 2.24) is 53.5 Å². The number of halogens is 2. The average Bonchev–Trinajstić information content (AvgIpc) is 4.04. The Balaban J connectivity index is 1.15. The van der Waals surface area contributed by atoms with Crippen LogP contribution in [0.3, 0.4) is 0 Å². The number of nitrogens with two attached hydrogens (primary N) is 1. The van der Waals surface area contributed by atoms with Crippen LogP contribution in [-0.4, -0.2) is 106 Å². The fourth-order valence-electron chi connectivity index (χ4n) is 8.58. The minimum atomic E-state index is -0.597. The van der Waals surface area contributed by atoms with Crippen molar-refractivity contribution in [3.63, 3.8) is 0 Å². The van der Waals surface area contributed by atoms with Gasteiger partial charge in [0.25, 0.3) is 0 Å². The molecule has 8 aromatic rings. The molecule has 0 atom stereocenters. The molecule has 0 spiro atoms. The molecule has 1 amide bonds. The van der Waals surface area contributed by atoms with Crippen LogP contribution < -0.4 is 15.2 Å². The zero-order valence-electron chi connectivity index (χ0n) is 35.9. The van der Waals surface area contributed by atoms with E-state index in [0.29, 0.717) is 82.9 Å². The molecule has 2 aromatic carbocycles. The lowest BCUT2D eigenvalue weighted by molar-refractivity contribution is 0.0358. The number of carbonyl (C=O) groups excluding carboxylic acids is 1. The number of rotatable bonds is 15. The number of methoxy groups -OCH3 is 1. The van der Waals surface area contributed by atoms with Gasteiger partial charge in [0.1, 0.15) is 44.5 Å². The molecular weight excluding hydrogens is 843 g/mol. The summed E-state index contributed by atoms with van der Waals surface area (Å²) in [7, 11) is 1.55. The van der Waals surface area contributed by atoms with E-state index in [9.17, 15) is 4.79 Å². The van der Waals surface area contributed by atoms with E-state index in [1.807, 2.05) is 72.0 Å². The van der Waals surface area contributed by atoms with E-state index in [4.69, 9.17) is 63.1 Å². The van der Waals surface area contributed by atoms with E-state index in [0.717, 1.165) is 84.1 Å². The molecular formula is C45H48Cl2N12O4. The van der Waals surface area contributed by atoms with Gasteiger partial charge < -0.3 is 29.1 Å². The van der Waals surface area contributed by atoms with Crippen LogP contribution in [0.5, 0.6) is 11.5 Å². The smallest absolute Gasteiger partial charge is 0.248 e. The third-order valence-electron chi connectivity index (χ3n) is 11.4. The fraction of sp³-hybridized carbons (Fsp3) is 0.356. The number of nitrogens with zero attached hydrogens (tertiary/aromatic N) is 11. The SMILES string of the molecule is CCn1nc(C)cc1-c1nc(Cl)c2c3cc(C(N)=O)cc(OC)c3n(C/C=C/Cn3c4nc(-c5cc(C)nn5CC)nc(Cl)c4c4cccc(OCCCN5CCOCC5)c43)c2n1. The predicted octanol–water partition coefficient (Wildman–Crippen LogP) is 7.64. The first-order chi connectivity index (χ1) is 30.6. The summed E-state index contributed by atoms with van der Waals surface area (Å²) >= 11 is 14.2. The van der Waals surface area contributed by atoms with Crippen LogP contribution in [0.4, 0.5) is 0 Å². The molecule has 1 aliphatic rings. The molecule has 0 radical (unpaired) electrons. The van der Waals surface area contributed by atoms with E-state index >= 15 is 0 Å². The number of benzene rings is 2. The van der Waals surface area contributed by atoms with Gasteiger partial charge in [0, 0.05) is 62.1 Å². The minimum Gasteiger partial charge on any atom is -0.495 e. The number of carbonyl (C=O) groups is 1. The van der Waals surface area contributed by atoms with Gasteiger partial charge in [-0.15, -0.1) is 0 Å². The first kappa shape index (κ1) is 42.2. The van der Waals surface area contributed by atoms with Crippen molar-refractivity contribution in [2.24, 2.45) is 5.73 Å². The second kappa shape index (κ2) is 17.6. The number of aromatic nitrogens is 10. The lowest BCUT2D eigenvalue weighted by Gasteiger charge is -2.26. The summed E-state index contributed by atoms with van der Waals surface area (Å²) in [6.07, 6.45) is 4.99. The molecule has 7 heterocycles. The molecule has 9 rings (SSSR count). The third kappa shape index (κ3) is 7.85. The number of primary amides is 1. The number of fused-ring (bicyclic) bond motifs is 6. The topological polar surface area (TPSA) is 171 Å². The van der Waals surface area contributed by atoms with E-state index in [1.165, 1.54) is 0 Å². The molecule has 16 nitrogen and oxygen atoms in total. The van der Waals surface area contributed by atoms with E-state index in [2.05, 4.69) is 31.8 Å². The Kier molecular flexibility index (Phi) is 11.8. The van der Waals surface area contributed by atoms with Crippen LogP contribution in [0.25, 0.3) is 66.9 Å². The molecule has 0 bridgehead atoms. The molecule has 0 aliphatic carbocycles. The second-order valence-electron chi connectivity index (χ2n) is 15.5.